The van der Waals surface area contributed by atoms with E-state index in [0.29, 0.717) is 16.7 Å². The van der Waals surface area contributed by atoms with Crippen molar-refractivity contribution in [3.8, 4) is 16.9 Å². The number of nitrogens with one attached hydrogen (secondary N) is 1. The van der Waals surface area contributed by atoms with Gasteiger partial charge in [-0.15, -0.1) is 0 Å². The largest absolute Gasteiger partial charge is 0.467 e. The summed E-state index contributed by atoms with van der Waals surface area (Å²) in [6, 6.07) is 19.3. The third-order valence-corrected chi connectivity index (χ3v) is 6.55. The molecule has 0 fully saturated rings. The van der Waals surface area contributed by atoms with Gasteiger partial charge in [-0.05, 0) is 36.8 Å². The molecule has 0 aliphatic carbocycles. The van der Waals surface area contributed by atoms with Crippen LogP contribution in [0.15, 0.2) is 80.9 Å². The molecule has 1 N–H and O–H groups in total. The normalized spacial score (nSPS) is 14.7. The van der Waals surface area contributed by atoms with Crippen molar-refractivity contribution in [1.29, 1.82) is 0 Å². The highest BCUT2D eigenvalue weighted by Crippen LogP contribution is 2.45. The fourth-order valence-electron chi connectivity index (χ4n) is 4.98. The third kappa shape index (κ3) is 2.56. The predicted molar refractivity (Wildman–Crippen MR) is 128 cm³/mol. The molecule has 164 valence electrons. The first kappa shape index (κ1) is 19.4. The van der Waals surface area contributed by atoms with Crippen LogP contribution < -0.4 is 16.6 Å². The topological polar surface area (TPSA) is 74.1 Å². The van der Waals surface area contributed by atoms with E-state index in [1.807, 2.05) is 67.6 Å². The molecule has 7 heteroatoms. The van der Waals surface area contributed by atoms with E-state index in [2.05, 4.69) is 9.88 Å². The summed E-state index contributed by atoms with van der Waals surface area (Å²) in [6.07, 6.45) is 1.63. The van der Waals surface area contributed by atoms with Crippen LogP contribution in [0.1, 0.15) is 23.1 Å². The van der Waals surface area contributed by atoms with Gasteiger partial charge in [-0.1, -0.05) is 36.4 Å². The monoisotopic (exact) mass is 438 g/mol. The summed E-state index contributed by atoms with van der Waals surface area (Å²) < 4.78 is 10.7. The van der Waals surface area contributed by atoms with Crippen molar-refractivity contribution in [2.45, 2.75) is 13.0 Å². The van der Waals surface area contributed by atoms with Crippen LogP contribution in [0.25, 0.3) is 27.8 Å². The molecule has 3 aromatic heterocycles. The van der Waals surface area contributed by atoms with Gasteiger partial charge in [0, 0.05) is 19.7 Å². The second-order valence-corrected chi connectivity index (χ2v) is 8.42. The second-order valence-electron chi connectivity index (χ2n) is 8.42. The van der Waals surface area contributed by atoms with Crippen molar-refractivity contribution in [2.24, 2.45) is 14.1 Å². The zero-order chi connectivity index (χ0) is 22.9. The number of aryl methyl sites for hydroxylation is 2. The molecule has 0 radical (unpaired) electrons. The Morgan fingerprint density at radius 1 is 0.909 bits per heavy atom. The van der Waals surface area contributed by atoms with Crippen LogP contribution in [0.3, 0.4) is 0 Å². The molecule has 0 saturated heterocycles. The molecule has 1 aliphatic rings. The third-order valence-electron chi connectivity index (χ3n) is 6.55. The Kier molecular flexibility index (Phi) is 4.04. The van der Waals surface area contributed by atoms with Crippen LogP contribution in [0.2, 0.25) is 0 Å². The highest BCUT2D eigenvalue weighted by Gasteiger charge is 2.36. The quantitative estimate of drug-likeness (QED) is 0.450. The number of nitrogens with zero attached hydrogens (tertiary/aromatic N) is 3. The molecule has 33 heavy (non-hydrogen) atoms. The van der Waals surface area contributed by atoms with Gasteiger partial charge in [0.05, 0.1) is 39.9 Å². The Labute approximate surface area is 189 Å². The van der Waals surface area contributed by atoms with Crippen molar-refractivity contribution in [3.63, 3.8) is 0 Å². The maximum Gasteiger partial charge on any atom is 0.331 e. The highest BCUT2D eigenvalue weighted by molar-refractivity contribution is 5.99. The molecule has 5 aromatic rings. The number of fused-ring (bicyclic) bond motifs is 5. The van der Waals surface area contributed by atoms with Gasteiger partial charge in [0.1, 0.15) is 11.8 Å². The van der Waals surface area contributed by atoms with Crippen LogP contribution in [0.4, 0.5) is 5.69 Å². The lowest BCUT2D eigenvalue weighted by Gasteiger charge is -2.29. The average Bonchev–Trinajstić information content (AvgIpc) is 3.48. The Morgan fingerprint density at radius 3 is 2.42 bits per heavy atom. The van der Waals surface area contributed by atoms with E-state index in [1.54, 1.807) is 17.9 Å². The fraction of sp³-hybridized carbons (Fsp3) is 0.154. The summed E-state index contributed by atoms with van der Waals surface area (Å²) in [5.74, 6) is 0.703. The first-order chi connectivity index (χ1) is 16.0. The number of rotatable bonds is 2. The van der Waals surface area contributed by atoms with Gasteiger partial charge in [0.2, 0.25) is 0 Å². The molecular weight excluding hydrogens is 416 g/mol. The summed E-state index contributed by atoms with van der Waals surface area (Å²) in [4.78, 5) is 26.6. The van der Waals surface area contributed by atoms with Gasteiger partial charge < -0.3 is 14.3 Å². The van der Waals surface area contributed by atoms with E-state index >= 15 is 0 Å². The summed E-state index contributed by atoms with van der Waals surface area (Å²) >= 11 is 0. The van der Waals surface area contributed by atoms with Crippen molar-refractivity contribution in [3.05, 3.63) is 105 Å². The zero-order valence-electron chi connectivity index (χ0n) is 18.5. The summed E-state index contributed by atoms with van der Waals surface area (Å²) in [5, 5.41) is 4.08. The van der Waals surface area contributed by atoms with Crippen molar-refractivity contribution in [1.82, 2.24) is 13.7 Å². The summed E-state index contributed by atoms with van der Waals surface area (Å²) in [6.45, 7) is 2.03. The smallest absolute Gasteiger partial charge is 0.331 e. The van der Waals surface area contributed by atoms with Crippen LogP contribution in [0.5, 0.6) is 0 Å². The van der Waals surface area contributed by atoms with E-state index in [-0.39, 0.29) is 17.3 Å². The average molecular weight is 438 g/mol. The summed E-state index contributed by atoms with van der Waals surface area (Å²) in [5.41, 5.74) is 5.32. The fourth-order valence-corrected chi connectivity index (χ4v) is 4.98. The molecule has 2 aromatic carbocycles. The first-order valence-corrected chi connectivity index (χ1v) is 10.8. The van der Waals surface area contributed by atoms with Crippen LogP contribution in [-0.4, -0.2) is 13.7 Å². The SMILES string of the molecule is Cc1ccccc1-c1c2c(=O)n(C)c(=O)n(C)c2c2n1-c1ccccc1N[C@@H]2c1ccco1. The van der Waals surface area contributed by atoms with E-state index in [9.17, 15) is 9.59 Å². The molecule has 7 nitrogen and oxygen atoms in total. The Morgan fingerprint density at radius 2 is 1.67 bits per heavy atom. The number of furan rings is 1. The maximum absolute atomic E-state index is 13.6. The van der Waals surface area contributed by atoms with Crippen molar-refractivity contribution in [2.75, 3.05) is 5.32 Å². The lowest BCUT2D eigenvalue weighted by molar-refractivity contribution is 0.492. The molecule has 0 saturated carbocycles. The van der Waals surface area contributed by atoms with Gasteiger partial charge in [-0.3, -0.25) is 13.9 Å². The Hall–Kier alpha value is -4.26. The molecule has 0 bridgehead atoms. The first-order valence-electron chi connectivity index (χ1n) is 10.8. The minimum atomic E-state index is -0.382. The molecule has 0 amide bonds. The molecule has 1 atom stereocenters. The van der Waals surface area contributed by atoms with Crippen molar-refractivity contribution >= 4 is 16.6 Å². The number of anilines is 1. The number of benzene rings is 2. The molecule has 0 spiro atoms. The number of hydrogen-bond acceptors (Lipinski definition) is 4. The number of hydrogen-bond donors (Lipinski definition) is 1. The lowest BCUT2D eigenvalue weighted by atomic mass is 10.0. The molecule has 1 aliphatic heterocycles. The minimum absolute atomic E-state index is 0.316. The Balaban J connectivity index is 1.91. The van der Waals surface area contributed by atoms with E-state index in [1.165, 1.54) is 11.6 Å². The van der Waals surface area contributed by atoms with E-state index in [0.717, 1.165) is 33.9 Å². The van der Waals surface area contributed by atoms with Crippen LogP contribution in [-0.2, 0) is 14.1 Å². The molecule has 6 rings (SSSR count). The van der Waals surface area contributed by atoms with Gasteiger partial charge in [-0.2, -0.15) is 0 Å². The molecule has 4 heterocycles. The van der Waals surface area contributed by atoms with Crippen molar-refractivity contribution < 1.29 is 4.42 Å². The standard InChI is InChI=1S/C26H22N4O3/c1-15-9-4-5-10-16(15)22-20-23(28(2)26(32)29(3)25(20)31)24-21(19-13-8-14-33-19)27-17-11-6-7-12-18(17)30(22)24/h4-14,21,27H,1-3H3/t21-/m1/s1. The highest BCUT2D eigenvalue weighted by atomic mass is 16.3. The van der Waals surface area contributed by atoms with Crippen LogP contribution >= 0.6 is 0 Å². The van der Waals surface area contributed by atoms with Gasteiger partial charge in [0.15, 0.2) is 0 Å². The second kappa shape index (κ2) is 6.87. The van der Waals surface area contributed by atoms with Gasteiger partial charge in [0.25, 0.3) is 5.56 Å². The zero-order valence-corrected chi connectivity index (χ0v) is 18.5. The summed E-state index contributed by atoms with van der Waals surface area (Å²) in [7, 11) is 3.24. The van der Waals surface area contributed by atoms with E-state index < -0.39 is 0 Å². The predicted octanol–water partition coefficient (Wildman–Crippen LogP) is 4.11. The molecular formula is C26H22N4O3. The van der Waals surface area contributed by atoms with Crippen LogP contribution in [0, 0.1) is 6.92 Å². The lowest BCUT2D eigenvalue weighted by Crippen LogP contribution is -2.37. The molecule has 0 unspecified atom stereocenters. The number of para-hydroxylation sites is 2. The minimum Gasteiger partial charge on any atom is -0.467 e. The maximum atomic E-state index is 13.6. The van der Waals surface area contributed by atoms with E-state index in [4.69, 9.17) is 4.42 Å². The van der Waals surface area contributed by atoms with Gasteiger partial charge >= 0.3 is 5.69 Å². The Bertz CT molecular complexity index is 1670. The number of aromatic nitrogens is 3. The van der Waals surface area contributed by atoms with Gasteiger partial charge in [-0.25, -0.2) is 4.79 Å².